The number of hydrogen-bond acceptors (Lipinski definition) is 6. The molecule has 0 saturated carbocycles. The summed E-state index contributed by atoms with van der Waals surface area (Å²) in [7, 11) is 1.95. The van der Waals surface area contributed by atoms with E-state index in [-0.39, 0.29) is 24.1 Å². The maximum atomic E-state index is 13.3. The number of furan rings is 1. The molecule has 32 heavy (non-hydrogen) atoms. The summed E-state index contributed by atoms with van der Waals surface area (Å²) in [5, 5.41) is 0. The highest BCUT2D eigenvalue weighted by Gasteiger charge is 2.29. The van der Waals surface area contributed by atoms with Crippen molar-refractivity contribution in [3.8, 4) is 5.75 Å². The molecule has 0 unspecified atom stereocenters. The van der Waals surface area contributed by atoms with E-state index in [1.165, 1.54) is 24.3 Å². The van der Waals surface area contributed by atoms with Crippen LogP contribution in [0.25, 0.3) is 11.0 Å². The second-order valence-corrected chi connectivity index (χ2v) is 7.60. The van der Waals surface area contributed by atoms with Crippen LogP contribution in [0.3, 0.4) is 0 Å². The third-order valence-electron chi connectivity index (χ3n) is 5.34. The minimum Gasteiger partial charge on any atom is -0.486 e. The molecule has 0 fully saturated rings. The summed E-state index contributed by atoms with van der Waals surface area (Å²) >= 11 is 0. The Kier molecular flexibility index (Phi) is 5.18. The number of amides is 1. The number of carbonyl (C=O) groups excluding carboxylic acids is 1. The standard InChI is InChI=1S/C24H21FN4O3/c1-28-13-4-14-29(23-22(28)26-19-5-2-3-6-20(19)27-23)24(30)21-12-11-18(32-21)15-31-17-9-7-16(25)8-10-17/h2-3,5-12H,4,13-15H2,1H3. The number of halogens is 1. The van der Waals surface area contributed by atoms with Gasteiger partial charge in [0.1, 0.15) is 23.9 Å². The van der Waals surface area contributed by atoms with Gasteiger partial charge in [0, 0.05) is 20.1 Å². The Balaban J connectivity index is 1.40. The molecule has 1 amide bonds. The fourth-order valence-electron chi connectivity index (χ4n) is 3.68. The van der Waals surface area contributed by atoms with E-state index in [0.29, 0.717) is 29.7 Å². The average molecular weight is 432 g/mol. The third-order valence-corrected chi connectivity index (χ3v) is 5.34. The quantitative estimate of drug-likeness (QED) is 0.475. The van der Waals surface area contributed by atoms with Gasteiger partial charge in [0.25, 0.3) is 5.91 Å². The maximum absolute atomic E-state index is 13.3. The molecule has 3 heterocycles. The summed E-state index contributed by atoms with van der Waals surface area (Å²) < 4.78 is 24.4. The molecule has 0 aliphatic carbocycles. The predicted octanol–water partition coefficient (Wildman–Crippen LogP) is 4.43. The topological polar surface area (TPSA) is 71.7 Å². The van der Waals surface area contributed by atoms with E-state index < -0.39 is 0 Å². The number of para-hydroxylation sites is 2. The van der Waals surface area contributed by atoms with Gasteiger partial charge in [-0.1, -0.05) is 12.1 Å². The van der Waals surface area contributed by atoms with E-state index in [4.69, 9.17) is 19.1 Å². The van der Waals surface area contributed by atoms with Gasteiger partial charge in [-0.15, -0.1) is 0 Å². The first kappa shape index (κ1) is 20.0. The summed E-state index contributed by atoms with van der Waals surface area (Å²) in [5.74, 6) is 1.79. The van der Waals surface area contributed by atoms with E-state index in [1.54, 1.807) is 17.0 Å². The molecule has 0 bridgehead atoms. The van der Waals surface area contributed by atoms with Gasteiger partial charge in [-0.25, -0.2) is 14.4 Å². The summed E-state index contributed by atoms with van der Waals surface area (Å²) in [6.45, 7) is 1.40. The first-order valence-electron chi connectivity index (χ1n) is 10.4. The number of carbonyl (C=O) groups is 1. The van der Waals surface area contributed by atoms with Crippen LogP contribution in [0.1, 0.15) is 22.7 Å². The first-order valence-corrected chi connectivity index (χ1v) is 10.4. The highest BCUT2D eigenvalue weighted by molar-refractivity contribution is 6.05. The van der Waals surface area contributed by atoms with Crippen LogP contribution in [0.4, 0.5) is 16.0 Å². The van der Waals surface area contributed by atoms with E-state index >= 15 is 0 Å². The average Bonchev–Trinajstić information content (AvgIpc) is 3.23. The zero-order valence-corrected chi connectivity index (χ0v) is 17.5. The van der Waals surface area contributed by atoms with Gasteiger partial charge >= 0.3 is 0 Å². The molecule has 2 aromatic heterocycles. The number of anilines is 2. The van der Waals surface area contributed by atoms with Crippen molar-refractivity contribution < 1.29 is 18.3 Å². The highest BCUT2D eigenvalue weighted by atomic mass is 19.1. The summed E-state index contributed by atoms with van der Waals surface area (Å²) in [4.78, 5) is 26.5. The molecule has 8 heteroatoms. The van der Waals surface area contributed by atoms with Crippen LogP contribution in [0.5, 0.6) is 5.75 Å². The fraction of sp³-hybridized carbons (Fsp3) is 0.208. The Hall–Kier alpha value is -3.94. The predicted molar refractivity (Wildman–Crippen MR) is 119 cm³/mol. The van der Waals surface area contributed by atoms with Gasteiger partial charge in [-0.05, 0) is 55.0 Å². The molecular formula is C24H21FN4O3. The Bertz CT molecular complexity index is 1270. The fourth-order valence-corrected chi connectivity index (χ4v) is 3.68. The van der Waals surface area contributed by atoms with E-state index in [1.807, 2.05) is 36.2 Å². The number of hydrogen-bond donors (Lipinski definition) is 0. The van der Waals surface area contributed by atoms with Crippen molar-refractivity contribution in [2.24, 2.45) is 0 Å². The Morgan fingerprint density at radius 1 is 1.00 bits per heavy atom. The first-order chi connectivity index (χ1) is 15.6. The van der Waals surface area contributed by atoms with Crippen molar-refractivity contribution in [3.05, 3.63) is 78.0 Å². The molecule has 0 spiro atoms. The highest BCUT2D eigenvalue weighted by Crippen LogP contribution is 2.31. The van der Waals surface area contributed by atoms with Gasteiger partial charge < -0.3 is 14.1 Å². The van der Waals surface area contributed by atoms with Crippen molar-refractivity contribution in [1.82, 2.24) is 9.97 Å². The minimum atomic E-state index is -0.331. The minimum absolute atomic E-state index is 0.128. The lowest BCUT2D eigenvalue weighted by Crippen LogP contribution is -2.32. The molecule has 7 nitrogen and oxygen atoms in total. The molecule has 1 aliphatic rings. The second-order valence-electron chi connectivity index (χ2n) is 7.60. The van der Waals surface area contributed by atoms with Crippen LogP contribution in [-0.4, -0.2) is 36.0 Å². The monoisotopic (exact) mass is 432 g/mol. The number of rotatable bonds is 4. The molecule has 0 N–H and O–H groups in total. The van der Waals surface area contributed by atoms with Crippen molar-refractivity contribution in [1.29, 1.82) is 0 Å². The molecule has 162 valence electrons. The smallest absolute Gasteiger partial charge is 0.295 e. The SMILES string of the molecule is CN1CCCN(C(=O)c2ccc(COc3ccc(F)cc3)o2)c2nc3ccccc3nc21. The molecule has 1 aliphatic heterocycles. The summed E-state index contributed by atoms with van der Waals surface area (Å²) in [6.07, 6.45) is 0.776. The van der Waals surface area contributed by atoms with Crippen LogP contribution < -0.4 is 14.5 Å². The number of fused-ring (bicyclic) bond motifs is 2. The molecular weight excluding hydrogens is 411 g/mol. The van der Waals surface area contributed by atoms with Crippen molar-refractivity contribution in [3.63, 3.8) is 0 Å². The number of ether oxygens (including phenoxy) is 1. The number of benzene rings is 2. The lowest BCUT2D eigenvalue weighted by Gasteiger charge is -2.22. The van der Waals surface area contributed by atoms with Gasteiger partial charge in [0.05, 0.1) is 11.0 Å². The van der Waals surface area contributed by atoms with Gasteiger partial charge in [-0.2, -0.15) is 0 Å². The largest absolute Gasteiger partial charge is 0.486 e. The lowest BCUT2D eigenvalue weighted by molar-refractivity contribution is 0.0955. The summed E-state index contributed by atoms with van der Waals surface area (Å²) in [6, 6.07) is 16.7. The molecule has 0 atom stereocenters. The van der Waals surface area contributed by atoms with Crippen LogP contribution in [0.15, 0.2) is 65.1 Å². The second kappa shape index (κ2) is 8.30. The number of aromatic nitrogens is 2. The normalized spacial score (nSPS) is 13.7. The zero-order valence-electron chi connectivity index (χ0n) is 17.5. The lowest BCUT2D eigenvalue weighted by atomic mass is 10.3. The van der Waals surface area contributed by atoms with Crippen molar-refractivity contribution in [2.75, 3.05) is 29.9 Å². The van der Waals surface area contributed by atoms with Crippen molar-refractivity contribution >= 4 is 28.6 Å². The number of nitrogens with zero attached hydrogens (tertiary/aromatic N) is 4. The maximum Gasteiger partial charge on any atom is 0.295 e. The van der Waals surface area contributed by atoms with Crippen LogP contribution in [0.2, 0.25) is 0 Å². The Morgan fingerprint density at radius 2 is 1.72 bits per heavy atom. The van der Waals surface area contributed by atoms with E-state index in [2.05, 4.69) is 0 Å². The molecule has 2 aromatic carbocycles. The Morgan fingerprint density at radius 3 is 2.47 bits per heavy atom. The zero-order chi connectivity index (χ0) is 22.1. The van der Waals surface area contributed by atoms with E-state index in [0.717, 1.165) is 24.0 Å². The third kappa shape index (κ3) is 3.87. The molecule has 0 saturated heterocycles. The molecule has 4 aromatic rings. The van der Waals surface area contributed by atoms with Gasteiger partial charge in [0.15, 0.2) is 17.4 Å². The van der Waals surface area contributed by atoms with E-state index in [9.17, 15) is 9.18 Å². The van der Waals surface area contributed by atoms with Crippen LogP contribution >= 0.6 is 0 Å². The molecule has 5 rings (SSSR count). The van der Waals surface area contributed by atoms with Crippen LogP contribution in [-0.2, 0) is 6.61 Å². The van der Waals surface area contributed by atoms with Crippen molar-refractivity contribution in [2.45, 2.75) is 13.0 Å². The van der Waals surface area contributed by atoms with Gasteiger partial charge in [-0.3, -0.25) is 9.69 Å². The van der Waals surface area contributed by atoms with Crippen LogP contribution in [0, 0.1) is 5.82 Å². The van der Waals surface area contributed by atoms with Gasteiger partial charge in [0.2, 0.25) is 0 Å². The Labute approximate surface area is 184 Å². The molecule has 0 radical (unpaired) electrons. The summed E-state index contributed by atoms with van der Waals surface area (Å²) in [5.41, 5.74) is 1.51.